The van der Waals surface area contributed by atoms with Gasteiger partial charge in [-0.15, -0.1) is 0 Å². The molecule has 22 aromatic rings. The van der Waals surface area contributed by atoms with Crippen molar-refractivity contribution in [3.8, 4) is 111 Å². The van der Waals surface area contributed by atoms with Crippen LogP contribution in [0.25, 0.3) is 219 Å². The molecule has 0 amide bonds. The van der Waals surface area contributed by atoms with Gasteiger partial charge in [-0.25, -0.2) is 0 Å². The lowest BCUT2D eigenvalue weighted by molar-refractivity contribution is 0.668. The molecule has 2 aliphatic rings. The minimum Gasteiger partial charge on any atom is -0.0616 e. The predicted octanol–water partition coefficient (Wildman–Crippen LogP) is 32.9. The molecule has 0 atom stereocenters. The number of fused-ring (bicyclic) bond motifs is 20. The molecule has 0 saturated carbocycles. The Labute approximate surface area is 687 Å². The molecule has 0 saturated heterocycles. The fourth-order valence-electron chi connectivity index (χ4n) is 21.5. The molecule has 22 aromatic carbocycles. The first-order valence-electron chi connectivity index (χ1n) is 41.5. The van der Waals surface area contributed by atoms with Crippen molar-refractivity contribution in [1.82, 2.24) is 0 Å². The second kappa shape index (κ2) is 27.0. The predicted molar refractivity (Wildman–Crippen MR) is 507 cm³/mol. The highest BCUT2D eigenvalue weighted by Gasteiger charge is 2.41. The maximum atomic E-state index is 2.44. The van der Waals surface area contributed by atoms with Crippen LogP contribution in [-0.4, -0.2) is 0 Å². The van der Waals surface area contributed by atoms with Crippen LogP contribution in [0.4, 0.5) is 0 Å². The zero-order valence-corrected chi connectivity index (χ0v) is 66.3. The van der Waals surface area contributed by atoms with Gasteiger partial charge in [-0.05, 0) is 266 Å². The van der Waals surface area contributed by atoms with E-state index in [1.807, 2.05) is 0 Å². The Bertz CT molecular complexity index is 7860. The molecule has 2 aliphatic carbocycles. The standard InChI is InChI=1S/2C59H40/c1-59(2)57-44-20-6-3-15-37(44)33-34-53(57)52-28-14-27-45(58(52)59)40-17-13-18-42(35-40)56-50-25-11-9-23-48(50)55(49-24-10-12-26-51(49)56)39-31-29-38(30-32-39)54-36-41-16-4-5-19-43(41)46-21-7-8-22-47(46)54;1-59(2)57-42-22-6-3-17-37(42)33-34-53(57)52-32-16-31-43(58(52)59)38-19-15-20-40(35-38)55-48-27-11-13-29-50(48)56(51-30-14-12-28-49(51)55)47-26-10-9-25-46(47)54-36-39-18-4-5-21-41(39)44-23-7-8-24-45(44)54/h2*3-36H,1-2H3. The minimum atomic E-state index is -0.164. The quantitative estimate of drug-likeness (QED) is 0.105. The van der Waals surface area contributed by atoms with E-state index >= 15 is 0 Å². The Hall–Kier alpha value is -14.6. The number of rotatable bonds is 8. The maximum absolute atomic E-state index is 2.44. The van der Waals surface area contributed by atoms with E-state index in [0.29, 0.717) is 0 Å². The molecule has 0 aromatic heterocycles. The van der Waals surface area contributed by atoms with Crippen molar-refractivity contribution < 1.29 is 0 Å². The van der Waals surface area contributed by atoms with Crippen molar-refractivity contribution in [2.45, 2.75) is 38.5 Å². The Morgan fingerprint density at radius 3 is 0.839 bits per heavy atom. The molecule has 118 heavy (non-hydrogen) atoms. The smallest absolute Gasteiger partial charge is 0.0171 e. The number of hydrogen-bond donors (Lipinski definition) is 0. The van der Waals surface area contributed by atoms with Gasteiger partial charge in [0, 0.05) is 10.8 Å². The van der Waals surface area contributed by atoms with Crippen LogP contribution in [0.3, 0.4) is 0 Å². The van der Waals surface area contributed by atoms with Gasteiger partial charge in [-0.2, -0.15) is 0 Å². The summed E-state index contributed by atoms with van der Waals surface area (Å²) in [6, 6.07) is 154. The molecule has 0 heteroatoms. The second-order valence-electron chi connectivity index (χ2n) is 33.5. The molecule has 0 nitrogen and oxygen atoms in total. The van der Waals surface area contributed by atoms with Crippen LogP contribution in [0.15, 0.2) is 413 Å². The van der Waals surface area contributed by atoms with Crippen molar-refractivity contribution in [3.63, 3.8) is 0 Å². The van der Waals surface area contributed by atoms with E-state index in [-0.39, 0.29) is 10.8 Å². The highest BCUT2D eigenvalue weighted by molar-refractivity contribution is 6.25. The van der Waals surface area contributed by atoms with Gasteiger partial charge in [0.15, 0.2) is 0 Å². The average molecular weight is 1500 g/mol. The lowest BCUT2D eigenvalue weighted by Gasteiger charge is -2.26. The van der Waals surface area contributed by atoms with E-state index < -0.39 is 0 Å². The first-order chi connectivity index (χ1) is 58.1. The normalized spacial score (nSPS) is 13.1. The van der Waals surface area contributed by atoms with Crippen LogP contribution in [0.1, 0.15) is 49.9 Å². The monoisotopic (exact) mass is 1500 g/mol. The first-order valence-corrected chi connectivity index (χ1v) is 41.5. The van der Waals surface area contributed by atoms with Crippen LogP contribution in [-0.2, 0) is 10.8 Å². The van der Waals surface area contributed by atoms with Gasteiger partial charge < -0.3 is 0 Å². The molecular formula is C118H80. The minimum absolute atomic E-state index is 0.157. The van der Waals surface area contributed by atoms with Gasteiger partial charge in [0.1, 0.15) is 0 Å². The zero-order valence-electron chi connectivity index (χ0n) is 66.3. The topological polar surface area (TPSA) is 0 Å². The fraction of sp³-hybridized carbons (Fsp3) is 0.0508. The Kier molecular flexibility index (Phi) is 15.8. The average Bonchev–Trinajstić information content (AvgIpc) is 1.69. The van der Waals surface area contributed by atoms with Crippen molar-refractivity contribution in [2.24, 2.45) is 0 Å². The van der Waals surface area contributed by atoms with Gasteiger partial charge in [-0.1, -0.05) is 416 Å². The summed E-state index contributed by atoms with van der Waals surface area (Å²) in [6.07, 6.45) is 0. The third-order valence-electron chi connectivity index (χ3n) is 26.4. The molecule has 0 aliphatic heterocycles. The van der Waals surface area contributed by atoms with E-state index in [4.69, 9.17) is 0 Å². The Morgan fingerprint density at radius 2 is 0.407 bits per heavy atom. The van der Waals surface area contributed by atoms with E-state index in [1.165, 1.54) is 241 Å². The summed E-state index contributed by atoms with van der Waals surface area (Å²) in [6.45, 7) is 9.65. The third kappa shape index (κ3) is 10.6. The summed E-state index contributed by atoms with van der Waals surface area (Å²) >= 11 is 0. The van der Waals surface area contributed by atoms with Crippen molar-refractivity contribution >= 4 is 108 Å². The summed E-state index contributed by atoms with van der Waals surface area (Å²) in [7, 11) is 0. The van der Waals surface area contributed by atoms with Gasteiger partial charge in [0.25, 0.3) is 0 Å². The first kappa shape index (κ1) is 69.0. The SMILES string of the molecule is CC1(C)c2c(-c3cccc(-c4c5ccccc5c(-c5ccc(-c6cc7ccccc7c7ccccc67)cc5)c5ccccc45)c3)cccc2-c2ccc3ccccc3c21.CC1(C)c2c(-c3cccc(-c4c5ccccc5c(-c5ccccc5-c5cc6ccccc6c6ccccc56)c5ccccc45)c3)cccc2-c2ccc3ccccc3c21. The Morgan fingerprint density at radius 1 is 0.127 bits per heavy atom. The molecule has 0 N–H and O–H groups in total. The highest BCUT2D eigenvalue weighted by atomic mass is 14.4. The van der Waals surface area contributed by atoms with Gasteiger partial charge in [-0.3, -0.25) is 0 Å². The zero-order chi connectivity index (χ0) is 78.5. The molecular weight excluding hydrogens is 1420 g/mol. The summed E-state index contributed by atoms with van der Waals surface area (Å²) < 4.78 is 0. The molecule has 0 spiro atoms. The lowest BCUT2D eigenvalue weighted by atomic mass is 9.77. The highest BCUT2D eigenvalue weighted by Crippen LogP contribution is 2.58. The molecule has 24 rings (SSSR count). The number of hydrogen-bond acceptors (Lipinski definition) is 0. The number of benzene rings is 22. The van der Waals surface area contributed by atoms with E-state index in [1.54, 1.807) is 0 Å². The van der Waals surface area contributed by atoms with Crippen molar-refractivity contribution in [3.05, 3.63) is 435 Å². The summed E-state index contributed by atoms with van der Waals surface area (Å²) in [4.78, 5) is 0. The van der Waals surface area contributed by atoms with Crippen LogP contribution in [0.2, 0.25) is 0 Å². The van der Waals surface area contributed by atoms with Crippen molar-refractivity contribution in [2.75, 3.05) is 0 Å². The van der Waals surface area contributed by atoms with E-state index in [2.05, 4.69) is 440 Å². The van der Waals surface area contributed by atoms with Gasteiger partial charge in [0.2, 0.25) is 0 Å². The van der Waals surface area contributed by atoms with Crippen LogP contribution >= 0.6 is 0 Å². The van der Waals surface area contributed by atoms with E-state index in [9.17, 15) is 0 Å². The molecule has 0 unspecified atom stereocenters. The largest absolute Gasteiger partial charge is 0.0616 e. The lowest BCUT2D eigenvalue weighted by Crippen LogP contribution is -2.16. The fourth-order valence-corrected chi connectivity index (χ4v) is 21.5. The summed E-state index contributed by atoms with van der Waals surface area (Å²) in [5, 5.41) is 25.6. The Balaban J connectivity index is 0.000000138. The summed E-state index contributed by atoms with van der Waals surface area (Å²) in [5.41, 5.74) is 30.9. The molecule has 0 heterocycles. The van der Waals surface area contributed by atoms with E-state index in [0.717, 1.165) is 0 Å². The maximum Gasteiger partial charge on any atom is 0.0171 e. The van der Waals surface area contributed by atoms with Crippen LogP contribution in [0, 0.1) is 0 Å². The van der Waals surface area contributed by atoms with Crippen LogP contribution in [0.5, 0.6) is 0 Å². The molecule has 0 fully saturated rings. The van der Waals surface area contributed by atoms with Gasteiger partial charge in [0.05, 0.1) is 0 Å². The molecule has 552 valence electrons. The summed E-state index contributed by atoms with van der Waals surface area (Å²) in [5.74, 6) is 0. The third-order valence-corrected chi connectivity index (χ3v) is 26.4. The van der Waals surface area contributed by atoms with Gasteiger partial charge >= 0.3 is 0 Å². The molecule has 0 bridgehead atoms. The second-order valence-corrected chi connectivity index (χ2v) is 33.5. The molecule has 0 radical (unpaired) electrons. The van der Waals surface area contributed by atoms with Crippen LogP contribution < -0.4 is 0 Å². The van der Waals surface area contributed by atoms with Crippen molar-refractivity contribution in [1.29, 1.82) is 0 Å².